The van der Waals surface area contributed by atoms with E-state index in [1.54, 1.807) is 17.3 Å². The number of rotatable bonds is 2. The van der Waals surface area contributed by atoms with Gasteiger partial charge in [0.25, 0.3) is 0 Å². The van der Waals surface area contributed by atoms with Crippen molar-refractivity contribution in [3.05, 3.63) is 60.7 Å². The Labute approximate surface area is 144 Å². The number of aryl methyl sites for hydroxylation is 1. The molecule has 1 amide bonds. The van der Waals surface area contributed by atoms with Gasteiger partial charge in [-0.15, -0.1) is 0 Å². The van der Waals surface area contributed by atoms with Gasteiger partial charge in [0.05, 0.1) is 29.2 Å². The van der Waals surface area contributed by atoms with Crippen LogP contribution in [0, 0.1) is 6.92 Å². The van der Waals surface area contributed by atoms with Crippen molar-refractivity contribution in [3.63, 3.8) is 0 Å². The van der Waals surface area contributed by atoms with Crippen molar-refractivity contribution < 1.29 is 4.79 Å². The number of aromatic nitrogens is 4. The monoisotopic (exact) mass is 329 g/mol. The summed E-state index contributed by atoms with van der Waals surface area (Å²) in [5, 5.41) is 0. The van der Waals surface area contributed by atoms with Crippen LogP contribution in [0.4, 0.5) is 11.4 Å². The fourth-order valence-electron chi connectivity index (χ4n) is 3.55. The molecule has 5 rings (SSSR count). The topological polar surface area (TPSA) is 71.9 Å². The summed E-state index contributed by atoms with van der Waals surface area (Å²) in [4.78, 5) is 31.5. The molecular weight excluding hydrogens is 314 g/mol. The highest BCUT2D eigenvalue weighted by molar-refractivity contribution is 6.14. The minimum atomic E-state index is -0.354. The smallest absolute Gasteiger partial charge is 0.242 e. The summed E-state index contributed by atoms with van der Waals surface area (Å²) in [5.74, 6) is 0.856. The molecule has 1 aromatic carbocycles. The second kappa shape index (κ2) is 4.92. The van der Waals surface area contributed by atoms with Gasteiger partial charge in [-0.25, -0.2) is 19.9 Å². The lowest BCUT2D eigenvalue weighted by Crippen LogP contribution is -2.28. The predicted octanol–water partition coefficient (Wildman–Crippen LogP) is 2.95. The summed E-state index contributed by atoms with van der Waals surface area (Å²) in [6.07, 6.45) is 10.2. The van der Waals surface area contributed by atoms with Gasteiger partial charge in [-0.2, -0.15) is 0 Å². The number of amides is 1. The molecule has 25 heavy (non-hydrogen) atoms. The van der Waals surface area contributed by atoms with Crippen LogP contribution >= 0.6 is 0 Å². The minimum absolute atomic E-state index is 0.120. The second-order valence-corrected chi connectivity index (χ2v) is 6.57. The summed E-state index contributed by atoms with van der Waals surface area (Å²) >= 11 is 0. The van der Waals surface area contributed by atoms with E-state index in [2.05, 4.69) is 26.0 Å². The van der Waals surface area contributed by atoms with Crippen molar-refractivity contribution in [1.29, 1.82) is 0 Å². The van der Waals surface area contributed by atoms with E-state index in [9.17, 15) is 4.79 Å². The van der Waals surface area contributed by atoms with Crippen molar-refractivity contribution in [2.75, 3.05) is 4.90 Å². The number of fused-ring (bicyclic) bond motifs is 2. The van der Waals surface area contributed by atoms with Crippen LogP contribution in [-0.2, 0) is 10.2 Å². The normalized spacial score (nSPS) is 17.0. The maximum Gasteiger partial charge on any atom is 0.242 e. The average molecular weight is 329 g/mol. The molecule has 6 heteroatoms. The van der Waals surface area contributed by atoms with Gasteiger partial charge >= 0.3 is 0 Å². The molecule has 0 saturated heterocycles. The molecule has 0 atom stereocenters. The van der Waals surface area contributed by atoms with E-state index in [0.717, 1.165) is 41.0 Å². The molecule has 0 N–H and O–H groups in total. The Hall–Kier alpha value is -3.15. The van der Waals surface area contributed by atoms with Gasteiger partial charge in [-0.1, -0.05) is 12.1 Å². The summed E-state index contributed by atoms with van der Waals surface area (Å²) in [5.41, 5.74) is 4.28. The zero-order valence-corrected chi connectivity index (χ0v) is 13.7. The van der Waals surface area contributed by atoms with Crippen molar-refractivity contribution in [2.45, 2.75) is 25.2 Å². The first-order chi connectivity index (χ1) is 12.2. The van der Waals surface area contributed by atoms with Crippen LogP contribution in [-0.4, -0.2) is 25.8 Å². The molecule has 0 bridgehead atoms. The third-order valence-electron chi connectivity index (χ3n) is 5.04. The number of hydrogen-bond donors (Lipinski definition) is 0. The van der Waals surface area contributed by atoms with Gasteiger partial charge in [0.2, 0.25) is 5.91 Å². The fraction of sp³-hybridized carbons (Fsp3) is 0.211. The zero-order chi connectivity index (χ0) is 17.0. The molecule has 3 heterocycles. The highest BCUT2D eigenvalue weighted by atomic mass is 16.2. The molecule has 122 valence electrons. The summed E-state index contributed by atoms with van der Waals surface area (Å²) in [7, 11) is 0. The van der Waals surface area contributed by atoms with Crippen LogP contribution in [0.3, 0.4) is 0 Å². The van der Waals surface area contributed by atoms with Gasteiger partial charge in [-0.3, -0.25) is 9.69 Å². The summed E-state index contributed by atoms with van der Waals surface area (Å²) in [6.45, 7) is 1.86. The lowest BCUT2D eigenvalue weighted by molar-refractivity contribution is -0.119. The fourth-order valence-corrected chi connectivity index (χ4v) is 3.55. The summed E-state index contributed by atoms with van der Waals surface area (Å²) in [6, 6.07) is 6.16. The Morgan fingerprint density at radius 2 is 1.72 bits per heavy atom. The Balaban J connectivity index is 1.67. The number of hydrogen-bond acceptors (Lipinski definition) is 5. The van der Waals surface area contributed by atoms with E-state index in [1.807, 2.05) is 31.5 Å². The van der Waals surface area contributed by atoms with Crippen LogP contribution in [0.15, 0.2) is 49.3 Å². The van der Waals surface area contributed by atoms with E-state index in [-0.39, 0.29) is 11.3 Å². The maximum atomic E-state index is 13.1. The number of carbonyl (C=O) groups excluding carboxylic acids is 1. The number of anilines is 2. The average Bonchev–Trinajstić information content (AvgIpc) is 3.41. The van der Waals surface area contributed by atoms with E-state index in [1.165, 1.54) is 6.33 Å². The van der Waals surface area contributed by atoms with Gasteiger partial charge < -0.3 is 0 Å². The van der Waals surface area contributed by atoms with Crippen molar-refractivity contribution in [2.24, 2.45) is 0 Å². The molecule has 2 aromatic heterocycles. The van der Waals surface area contributed by atoms with E-state index >= 15 is 0 Å². The van der Waals surface area contributed by atoms with E-state index < -0.39 is 0 Å². The van der Waals surface area contributed by atoms with Gasteiger partial charge in [0, 0.05) is 18.0 Å². The molecule has 1 fully saturated rings. The minimum Gasteiger partial charge on any atom is -0.277 e. The Kier molecular flexibility index (Phi) is 2.80. The zero-order valence-electron chi connectivity index (χ0n) is 13.7. The number of benzene rings is 1. The second-order valence-electron chi connectivity index (χ2n) is 6.57. The maximum absolute atomic E-state index is 13.1. The van der Waals surface area contributed by atoms with E-state index in [0.29, 0.717) is 5.69 Å². The standard InChI is InChI=1S/C19H15N5O/c1-12-22-7-14(8-23-12)13-2-3-16-17(6-13)24(15-9-20-11-21-10-15)18(25)19(16)4-5-19/h2-3,6-11H,4-5H2,1H3. The lowest BCUT2D eigenvalue weighted by atomic mass is 9.96. The quantitative estimate of drug-likeness (QED) is 0.723. The molecule has 0 unspecified atom stereocenters. The SMILES string of the molecule is Cc1ncc(-c2ccc3c(c2)N(c2cncnc2)C(=O)C32CC2)cn1. The summed E-state index contributed by atoms with van der Waals surface area (Å²) < 4.78 is 0. The van der Waals surface area contributed by atoms with Crippen LogP contribution in [0.1, 0.15) is 24.2 Å². The van der Waals surface area contributed by atoms with Crippen molar-refractivity contribution in [3.8, 4) is 11.1 Å². The molecular formula is C19H15N5O. The largest absolute Gasteiger partial charge is 0.277 e. The Morgan fingerprint density at radius 3 is 2.40 bits per heavy atom. The van der Waals surface area contributed by atoms with Crippen LogP contribution < -0.4 is 4.90 Å². The molecule has 1 saturated carbocycles. The molecule has 0 radical (unpaired) electrons. The predicted molar refractivity (Wildman–Crippen MR) is 92.3 cm³/mol. The van der Waals surface area contributed by atoms with Crippen LogP contribution in [0.5, 0.6) is 0 Å². The molecule has 6 nitrogen and oxygen atoms in total. The Bertz CT molecular complexity index is 980. The van der Waals surface area contributed by atoms with Crippen molar-refractivity contribution >= 4 is 17.3 Å². The molecule has 3 aromatic rings. The molecule has 2 aliphatic rings. The van der Waals surface area contributed by atoms with Crippen molar-refractivity contribution in [1.82, 2.24) is 19.9 Å². The highest BCUT2D eigenvalue weighted by Crippen LogP contribution is 2.59. The first-order valence-corrected chi connectivity index (χ1v) is 8.22. The van der Waals surface area contributed by atoms with Crippen LogP contribution in [0.25, 0.3) is 11.1 Å². The van der Waals surface area contributed by atoms with E-state index in [4.69, 9.17) is 0 Å². The molecule has 1 aliphatic heterocycles. The van der Waals surface area contributed by atoms with Gasteiger partial charge in [0.15, 0.2) is 0 Å². The molecule has 1 spiro atoms. The number of nitrogens with zero attached hydrogens (tertiary/aromatic N) is 5. The Morgan fingerprint density at radius 1 is 1.00 bits per heavy atom. The molecule has 1 aliphatic carbocycles. The lowest BCUT2D eigenvalue weighted by Gasteiger charge is -2.17. The third-order valence-corrected chi connectivity index (χ3v) is 5.04. The first-order valence-electron chi connectivity index (χ1n) is 8.22. The highest BCUT2D eigenvalue weighted by Gasteiger charge is 2.59. The van der Waals surface area contributed by atoms with Gasteiger partial charge in [-0.05, 0) is 37.0 Å². The van der Waals surface area contributed by atoms with Crippen LogP contribution in [0.2, 0.25) is 0 Å². The first kappa shape index (κ1) is 14.2. The third kappa shape index (κ3) is 2.00. The number of carbonyl (C=O) groups is 1. The van der Waals surface area contributed by atoms with Gasteiger partial charge in [0.1, 0.15) is 12.2 Å².